The average molecular weight is 191 g/mol. The highest BCUT2D eigenvalue weighted by Gasteiger charge is 2.07. The van der Waals surface area contributed by atoms with Crippen LogP contribution in [0.1, 0.15) is 5.69 Å². The fraction of sp³-hybridized carbons (Fsp3) is 0.250. The third-order valence-corrected chi connectivity index (χ3v) is 1.65. The molecule has 14 heavy (non-hydrogen) atoms. The van der Waals surface area contributed by atoms with Gasteiger partial charge in [0.05, 0.1) is 7.11 Å². The minimum absolute atomic E-state index is 0.461. The van der Waals surface area contributed by atoms with E-state index in [1.165, 1.54) is 6.33 Å². The van der Waals surface area contributed by atoms with Gasteiger partial charge in [0.15, 0.2) is 0 Å². The molecule has 0 unspecified atom stereocenters. The molecule has 2 aromatic heterocycles. The first kappa shape index (κ1) is 8.61. The van der Waals surface area contributed by atoms with E-state index in [1.54, 1.807) is 13.2 Å². The van der Waals surface area contributed by atoms with Crippen molar-refractivity contribution < 1.29 is 4.74 Å². The predicted octanol–water partition coefficient (Wildman–Crippen LogP) is 0.579. The maximum absolute atomic E-state index is 5.02. The summed E-state index contributed by atoms with van der Waals surface area (Å²) in [7, 11) is 1.56. The van der Waals surface area contributed by atoms with Gasteiger partial charge in [-0.1, -0.05) is 0 Å². The van der Waals surface area contributed by atoms with Crippen molar-refractivity contribution in [3.63, 3.8) is 0 Å². The summed E-state index contributed by atoms with van der Waals surface area (Å²) < 4.78 is 5.02. The van der Waals surface area contributed by atoms with Crippen molar-refractivity contribution >= 4 is 0 Å². The highest BCUT2D eigenvalue weighted by molar-refractivity contribution is 5.43. The number of methoxy groups -OCH3 is 1. The first-order valence-electron chi connectivity index (χ1n) is 4.05. The predicted molar refractivity (Wildman–Crippen MR) is 48.7 cm³/mol. The molecule has 2 aromatic rings. The van der Waals surface area contributed by atoms with Crippen LogP contribution in [0.25, 0.3) is 11.6 Å². The summed E-state index contributed by atoms with van der Waals surface area (Å²) in [6.45, 7) is 1.86. The Balaban J connectivity index is 2.48. The van der Waals surface area contributed by atoms with Gasteiger partial charge < -0.3 is 4.74 Å². The summed E-state index contributed by atoms with van der Waals surface area (Å²) in [4.78, 5) is 12.3. The van der Waals surface area contributed by atoms with Crippen molar-refractivity contribution in [2.24, 2.45) is 0 Å². The Bertz CT molecular complexity index is 425. The third-order valence-electron chi connectivity index (χ3n) is 1.65. The Morgan fingerprint density at radius 2 is 2.14 bits per heavy atom. The summed E-state index contributed by atoms with van der Waals surface area (Å²) in [5.41, 5.74) is 0.816. The van der Waals surface area contributed by atoms with Crippen LogP contribution in [0.15, 0.2) is 12.4 Å². The molecule has 0 saturated heterocycles. The van der Waals surface area contributed by atoms with Crippen LogP contribution in [0, 0.1) is 6.92 Å². The van der Waals surface area contributed by atoms with Crippen molar-refractivity contribution in [1.82, 2.24) is 25.1 Å². The van der Waals surface area contributed by atoms with Gasteiger partial charge in [-0.15, -0.1) is 0 Å². The van der Waals surface area contributed by atoms with Crippen LogP contribution in [0.4, 0.5) is 0 Å². The Morgan fingerprint density at radius 3 is 2.79 bits per heavy atom. The van der Waals surface area contributed by atoms with Crippen LogP contribution in [0.5, 0.6) is 5.88 Å². The number of rotatable bonds is 2. The smallest absolute Gasteiger partial charge is 0.218 e. The molecule has 0 spiro atoms. The number of H-pyrrole nitrogens is 1. The molecule has 2 rings (SSSR count). The highest BCUT2D eigenvalue weighted by Crippen LogP contribution is 2.13. The zero-order chi connectivity index (χ0) is 9.97. The van der Waals surface area contributed by atoms with E-state index in [9.17, 15) is 0 Å². The quantitative estimate of drug-likeness (QED) is 0.751. The number of hydrogen-bond acceptors (Lipinski definition) is 5. The summed E-state index contributed by atoms with van der Waals surface area (Å²) in [5, 5.41) is 6.49. The van der Waals surface area contributed by atoms with Crippen LogP contribution in [0.2, 0.25) is 0 Å². The third kappa shape index (κ3) is 1.54. The van der Waals surface area contributed by atoms with E-state index in [-0.39, 0.29) is 0 Å². The number of ether oxygens (including phenoxy) is 1. The Labute approximate surface area is 80.4 Å². The average Bonchev–Trinajstić information content (AvgIpc) is 2.69. The zero-order valence-corrected chi connectivity index (χ0v) is 7.85. The van der Waals surface area contributed by atoms with E-state index in [4.69, 9.17) is 4.74 Å². The van der Waals surface area contributed by atoms with E-state index in [0.717, 1.165) is 5.69 Å². The van der Waals surface area contributed by atoms with Crippen molar-refractivity contribution in [3.8, 4) is 17.5 Å². The second kappa shape index (κ2) is 3.41. The maximum atomic E-state index is 5.02. The summed E-state index contributed by atoms with van der Waals surface area (Å²) in [5.74, 6) is 1.44. The molecule has 6 nitrogen and oxygen atoms in total. The minimum atomic E-state index is 0.461. The molecule has 6 heteroatoms. The standard InChI is InChI=1S/C8H9N5O/c1-5-3-6(14-2)12-8(11-5)7-9-4-10-13-7/h3-4H,1-2H3,(H,9,10,13). The van der Waals surface area contributed by atoms with Gasteiger partial charge in [-0.3, -0.25) is 5.10 Å². The first-order valence-corrected chi connectivity index (χ1v) is 4.05. The SMILES string of the molecule is COc1cc(C)nc(-c2nc[nH]n2)n1. The van der Waals surface area contributed by atoms with Gasteiger partial charge >= 0.3 is 0 Å². The molecule has 2 heterocycles. The van der Waals surface area contributed by atoms with Crippen molar-refractivity contribution in [2.75, 3.05) is 7.11 Å². The number of aryl methyl sites for hydroxylation is 1. The topological polar surface area (TPSA) is 76.6 Å². The van der Waals surface area contributed by atoms with Gasteiger partial charge in [-0.2, -0.15) is 10.1 Å². The normalized spacial score (nSPS) is 10.1. The van der Waals surface area contributed by atoms with Gasteiger partial charge in [0.2, 0.25) is 17.5 Å². The lowest BCUT2D eigenvalue weighted by Crippen LogP contribution is -1.96. The number of aromatic nitrogens is 5. The van der Waals surface area contributed by atoms with Crippen LogP contribution in [-0.2, 0) is 0 Å². The molecule has 0 aliphatic carbocycles. The molecule has 0 radical (unpaired) electrons. The molecule has 0 amide bonds. The Morgan fingerprint density at radius 1 is 1.29 bits per heavy atom. The molecule has 72 valence electrons. The van der Waals surface area contributed by atoms with Gasteiger partial charge in [0.1, 0.15) is 6.33 Å². The van der Waals surface area contributed by atoms with E-state index >= 15 is 0 Å². The summed E-state index contributed by atoms with van der Waals surface area (Å²) in [6.07, 6.45) is 1.48. The van der Waals surface area contributed by atoms with E-state index in [1.807, 2.05) is 6.92 Å². The molecule has 1 N–H and O–H groups in total. The minimum Gasteiger partial charge on any atom is -0.481 e. The van der Waals surface area contributed by atoms with E-state index in [2.05, 4.69) is 25.1 Å². The number of nitrogens with one attached hydrogen (secondary N) is 1. The second-order valence-electron chi connectivity index (χ2n) is 2.70. The summed E-state index contributed by atoms with van der Waals surface area (Å²) >= 11 is 0. The lowest BCUT2D eigenvalue weighted by molar-refractivity contribution is 0.397. The molecule has 0 saturated carbocycles. The van der Waals surface area contributed by atoms with Gasteiger partial charge in [-0.05, 0) is 6.92 Å². The number of nitrogens with zero attached hydrogens (tertiary/aromatic N) is 4. The molecule has 0 atom stereocenters. The number of aromatic amines is 1. The molecule has 0 aliphatic heterocycles. The van der Waals surface area contributed by atoms with Gasteiger partial charge in [0.25, 0.3) is 0 Å². The second-order valence-corrected chi connectivity index (χ2v) is 2.70. The van der Waals surface area contributed by atoms with Gasteiger partial charge in [-0.25, -0.2) is 9.97 Å². The van der Waals surface area contributed by atoms with Crippen molar-refractivity contribution in [2.45, 2.75) is 6.92 Å². The van der Waals surface area contributed by atoms with Crippen LogP contribution in [0.3, 0.4) is 0 Å². The van der Waals surface area contributed by atoms with Crippen LogP contribution >= 0.6 is 0 Å². The molecule has 0 aliphatic rings. The zero-order valence-electron chi connectivity index (χ0n) is 7.85. The maximum Gasteiger partial charge on any atom is 0.218 e. The van der Waals surface area contributed by atoms with Crippen LogP contribution < -0.4 is 4.74 Å². The molecule has 0 fully saturated rings. The van der Waals surface area contributed by atoms with E-state index < -0.39 is 0 Å². The molecular weight excluding hydrogens is 182 g/mol. The van der Waals surface area contributed by atoms with Crippen molar-refractivity contribution in [1.29, 1.82) is 0 Å². The van der Waals surface area contributed by atoms with Gasteiger partial charge in [0, 0.05) is 11.8 Å². The Hall–Kier alpha value is -1.98. The molecular formula is C8H9N5O. The fourth-order valence-corrected chi connectivity index (χ4v) is 1.06. The molecule has 0 bridgehead atoms. The largest absolute Gasteiger partial charge is 0.481 e. The summed E-state index contributed by atoms with van der Waals surface area (Å²) in [6, 6.07) is 1.75. The lowest BCUT2D eigenvalue weighted by Gasteiger charge is -2.01. The molecule has 0 aromatic carbocycles. The highest BCUT2D eigenvalue weighted by atomic mass is 16.5. The van der Waals surface area contributed by atoms with Crippen molar-refractivity contribution in [3.05, 3.63) is 18.1 Å². The lowest BCUT2D eigenvalue weighted by atomic mass is 10.4. The number of hydrogen-bond donors (Lipinski definition) is 1. The van der Waals surface area contributed by atoms with E-state index in [0.29, 0.717) is 17.5 Å². The first-order chi connectivity index (χ1) is 6.79. The fourth-order valence-electron chi connectivity index (χ4n) is 1.06. The van der Waals surface area contributed by atoms with Crippen LogP contribution in [-0.4, -0.2) is 32.3 Å². The Kier molecular flexibility index (Phi) is 2.10. The monoisotopic (exact) mass is 191 g/mol.